The molecule has 0 aliphatic rings. The number of aliphatic hydroxyl groups is 1. The smallest absolute Gasteiger partial charge is 0.273 e. The molecular formula is C9H10INO3. The molecule has 0 saturated heterocycles. The molecule has 0 bridgehead atoms. The standard InChI is InChI=1S/C9H10INO3/c10-8-4-3-7(2-1-5-12)9(6-8)11(13)14/h3-4,6,12H,1-2,5H2. The predicted molar refractivity (Wildman–Crippen MR) is 61.2 cm³/mol. The van der Waals surface area contributed by atoms with Crippen molar-refractivity contribution in [3.8, 4) is 0 Å². The van der Waals surface area contributed by atoms with Crippen LogP contribution in [0, 0.1) is 13.7 Å². The number of nitrogens with zero attached hydrogens (tertiary/aromatic N) is 1. The molecule has 14 heavy (non-hydrogen) atoms. The average Bonchev–Trinajstić information content (AvgIpc) is 2.15. The first-order valence-electron chi connectivity index (χ1n) is 4.19. The SMILES string of the molecule is O=[N+]([O-])c1cc(I)ccc1CCCO. The zero-order valence-electron chi connectivity index (χ0n) is 7.44. The predicted octanol–water partition coefficient (Wildman–Crippen LogP) is 2.12. The molecule has 76 valence electrons. The molecule has 0 radical (unpaired) electrons. The molecule has 0 heterocycles. The van der Waals surface area contributed by atoms with Crippen molar-refractivity contribution >= 4 is 28.3 Å². The fourth-order valence-corrected chi connectivity index (χ4v) is 1.66. The Labute approximate surface area is 95.2 Å². The van der Waals surface area contributed by atoms with Gasteiger partial charge in [-0.05, 0) is 41.5 Å². The molecule has 0 fully saturated rings. The first-order valence-corrected chi connectivity index (χ1v) is 5.26. The van der Waals surface area contributed by atoms with Crippen LogP contribution in [0.25, 0.3) is 0 Å². The highest BCUT2D eigenvalue weighted by Gasteiger charge is 2.12. The monoisotopic (exact) mass is 307 g/mol. The van der Waals surface area contributed by atoms with E-state index in [1.165, 1.54) is 0 Å². The van der Waals surface area contributed by atoms with Crippen molar-refractivity contribution in [2.75, 3.05) is 6.61 Å². The van der Waals surface area contributed by atoms with E-state index >= 15 is 0 Å². The largest absolute Gasteiger partial charge is 0.396 e. The summed E-state index contributed by atoms with van der Waals surface area (Å²) in [5.41, 5.74) is 0.829. The average molecular weight is 307 g/mol. The minimum absolute atomic E-state index is 0.0587. The minimum Gasteiger partial charge on any atom is -0.396 e. The summed E-state index contributed by atoms with van der Waals surface area (Å²) in [5, 5.41) is 19.3. The van der Waals surface area contributed by atoms with Gasteiger partial charge in [-0.15, -0.1) is 0 Å². The van der Waals surface area contributed by atoms with Crippen molar-refractivity contribution in [1.82, 2.24) is 0 Å². The summed E-state index contributed by atoms with van der Waals surface area (Å²) in [6, 6.07) is 5.13. The van der Waals surface area contributed by atoms with Crippen LogP contribution in [0.2, 0.25) is 0 Å². The Morgan fingerprint density at radius 1 is 1.50 bits per heavy atom. The Morgan fingerprint density at radius 2 is 2.21 bits per heavy atom. The Hall–Kier alpha value is -0.690. The van der Waals surface area contributed by atoms with E-state index in [1.54, 1.807) is 12.1 Å². The van der Waals surface area contributed by atoms with Crippen LogP contribution in [0.5, 0.6) is 0 Å². The number of halogens is 1. The lowest BCUT2D eigenvalue weighted by atomic mass is 10.1. The van der Waals surface area contributed by atoms with Gasteiger partial charge in [0.15, 0.2) is 0 Å². The van der Waals surface area contributed by atoms with Crippen LogP contribution < -0.4 is 0 Å². The number of aliphatic hydroxyl groups excluding tert-OH is 1. The fraction of sp³-hybridized carbons (Fsp3) is 0.333. The van der Waals surface area contributed by atoms with Crippen molar-refractivity contribution in [3.05, 3.63) is 37.4 Å². The third-order valence-electron chi connectivity index (χ3n) is 1.85. The van der Waals surface area contributed by atoms with Gasteiger partial charge in [0.05, 0.1) is 4.92 Å². The molecule has 0 aliphatic heterocycles. The van der Waals surface area contributed by atoms with E-state index in [-0.39, 0.29) is 17.2 Å². The van der Waals surface area contributed by atoms with Crippen molar-refractivity contribution in [2.45, 2.75) is 12.8 Å². The van der Waals surface area contributed by atoms with Crippen molar-refractivity contribution < 1.29 is 10.0 Å². The maximum atomic E-state index is 10.7. The first kappa shape index (κ1) is 11.4. The van der Waals surface area contributed by atoms with Gasteiger partial charge in [-0.1, -0.05) is 6.07 Å². The number of nitro groups is 1. The van der Waals surface area contributed by atoms with Gasteiger partial charge >= 0.3 is 0 Å². The highest BCUT2D eigenvalue weighted by atomic mass is 127. The summed E-state index contributed by atoms with van der Waals surface area (Å²) in [4.78, 5) is 10.3. The molecule has 1 aromatic carbocycles. The second-order valence-electron chi connectivity index (χ2n) is 2.86. The van der Waals surface area contributed by atoms with Gasteiger partial charge in [-0.3, -0.25) is 10.1 Å². The summed E-state index contributed by atoms with van der Waals surface area (Å²) in [5.74, 6) is 0. The van der Waals surface area contributed by atoms with Gasteiger partial charge in [0.2, 0.25) is 0 Å². The van der Waals surface area contributed by atoms with Gasteiger partial charge in [0.1, 0.15) is 0 Å². The molecule has 4 nitrogen and oxygen atoms in total. The van der Waals surface area contributed by atoms with Gasteiger partial charge in [0.25, 0.3) is 5.69 Å². The van der Waals surface area contributed by atoms with Gasteiger partial charge in [0, 0.05) is 21.8 Å². The van der Waals surface area contributed by atoms with E-state index in [2.05, 4.69) is 0 Å². The Morgan fingerprint density at radius 3 is 2.79 bits per heavy atom. The van der Waals surface area contributed by atoms with Crippen LogP contribution in [0.4, 0.5) is 5.69 Å². The third-order valence-corrected chi connectivity index (χ3v) is 2.52. The van der Waals surface area contributed by atoms with E-state index in [0.717, 1.165) is 3.57 Å². The van der Waals surface area contributed by atoms with E-state index in [4.69, 9.17) is 5.11 Å². The third kappa shape index (κ3) is 2.91. The van der Waals surface area contributed by atoms with Gasteiger partial charge < -0.3 is 5.11 Å². The summed E-state index contributed by atoms with van der Waals surface area (Å²) in [6.07, 6.45) is 1.10. The topological polar surface area (TPSA) is 63.4 Å². The van der Waals surface area contributed by atoms with E-state index in [1.807, 2.05) is 28.7 Å². The number of hydrogen-bond donors (Lipinski definition) is 1. The van der Waals surface area contributed by atoms with Crippen molar-refractivity contribution in [3.63, 3.8) is 0 Å². The van der Waals surface area contributed by atoms with E-state index in [9.17, 15) is 10.1 Å². The second kappa shape index (κ2) is 5.26. The summed E-state index contributed by atoms with van der Waals surface area (Å²) >= 11 is 2.04. The first-order chi connectivity index (χ1) is 6.65. The lowest BCUT2D eigenvalue weighted by Gasteiger charge is -2.01. The molecular weight excluding hydrogens is 297 g/mol. The molecule has 0 amide bonds. The summed E-state index contributed by atoms with van der Waals surface area (Å²) in [6.45, 7) is 0.0587. The van der Waals surface area contributed by atoms with Crippen LogP contribution in [0.1, 0.15) is 12.0 Å². The maximum absolute atomic E-state index is 10.7. The molecule has 0 aromatic heterocycles. The van der Waals surface area contributed by atoms with E-state index in [0.29, 0.717) is 18.4 Å². The quantitative estimate of drug-likeness (QED) is 0.526. The molecule has 0 spiro atoms. The fourth-order valence-electron chi connectivity index (χ4n) is 1.19. The zero-order valence-corrected chi connectivity index (χ0v) is 9.60. The van der Waals surface area contributed by atoms with Crippen molar-refractivity contribution in [2.24, 2.45) is 0 Å². The molecule has 1 aromatic rings. The van der Waals surface area contributed by atoms with Crippen molar-refractivity contribution in [1.29, 1.82) is 0 Å². The summed E-state index contributed by atoms with van der Waals surface area (Å²) < 4.78 is 0.849. The molecule has 0 unspecified atom stereocenters. The van der Waals surface area contributed by atoms with Crippen LogP contribution in [-0.2, 0) is 6.42 Å². The van der Waals surface area contributed by atoms with Crippen LogP contribution in [0.3, 0.4) is 0 Å². The van der Waals surface area contributed by atoms with Crippen LogP contribution in [-0.4, -0.2) is 16.6 Å². The lowest BCUT2D eigenvalue weighted by molar-refractivity contribution is -0.385. The molecule has 0 saturated carbocycles. The van der Waals surface area contributed by atoms with E-state index < -0.39 is 0 Å². The normalized spacial score (nSPS) is 10.1. The molecule has 0 atom stereocenters. The number of hydrogen-bond acceptors (Lipinski definition) is 3. The lowest BCUT2D eigenvalue weighted by Crippen LogP contribution is -1.97. The van der Waals surface area contributed by atoms with Gasteiger partial charge in [-0.2, -0.15) is 0 Å². The maximum Gasteiger partial charge on any atom is 0.273 e. The Bertz CT molecular complexity index is 341. The number of nitro benzene ring substituents is 1. The summed E-state index contributed by atoms with van der Waals surface area (Å²) in [7, 11) is 0. The zero-order chi connectivity index (χ0) is 10.6. The van der Waals surface area contributed by atoms with Gasteiger partial charge in [-0.25, -0.2) is 0 Å². The number of aryl methyl sites for hydroxylation is 1. The molecule has 0 aliphatic carbocycles. The Kier molecular flexibility index (Phi) is 4.27. The molecule has 5 heteroatoms. The highest BCUT2D eigenvalue weighted by molar-refractivity contribution is 14.1. The Balaban J connectivity index is 2.96. The minimum atomic E-state index is -0.380. The second-order valence-corrected chi connectivity index (χ2v) is 4.10. The number of rotatable bonds is 4. The molecule has 1 rings (SSSR count). The number of benzene rings is 1. The van der Waals surface area contributed by atoms with Crippen LogP contribution in [0.15, 0.2) is 18.2 Å². The molecule has 1 N–H and O–H groups in total. The van der Waals surface area contributed by atoms with Crippen LogP contribution >= 0.6 is 22.6 Å². The highest BCUT2D eigenvalue weighted by Crippen LogP contribution is 2.22.